The number of likely N-dealkylation sites (N-methyl/N-ethyl adjacent to an activating group) is 1. The Morgan fingerprint density at radius 1 is 1.14 bits per heavy atom. The molecule has 1 aromatic carbocycles. The zero-order valence-corrected chi connectivity index (χ0v) is 16.7. The Balaban J connectivity index is 1.50. The number of carbonyl (C=O) groups is 2. The summed E-state index contributed by atoms with van der Waals surface area (Å²) in [7, 11) is 3.84. The van der Waals surface area contributed by atoms with Gasteiger partial charge in [0.15, 0.2) is 0 Å². The molecule has 0 spiro atoms. The number of nitrogens with one attached hydrogen (secondary N) is 2. The van der Waals surface area contributed by atoms with Gasteiger partial charge in [0.05, 0.1) is 6.04 Å². The van der Waals surface area contributed by atoms with Crippen LogP contribution in [0.1, 0.15) is 43.9 Å². The number of hydrogen-bond donors (Lipinski definition) is 2. The Bertz CT molecular complexity index is 821. The van der Waals surface area contributed by atoms with E-state index in [1.165, 1.54) is 18.4 Å². The standard InChI is InChI=1S/C22H29N3O3/c1-25(2)18(20-14-17-10-6-7-11-19(17)28-20)15-24-22(27)21(26)23-13-12-16-8-4-3-5-9-16/h6-8,10-11,14,18H,3-5,9,12-13,15H2,1-2H3,(H,23,26)(H,24,27)/t18-/m1/s1. The van der Waals surface area contributed by atoms with Gasteiger partial charge >= 0.3 is 11.8 Å². The SMILES string of the molecule is CN(C)[C@H](CNC(=O)C(=O)NCCC1=CCCCC1)c1cc2ccccc2o1. The second kappa shape index (κ2) is 9.55. The molecule has 2 aromatic rings. The third kappa shape index (κ3) is 5.23. The van der Waals surface area contributed by atoms with E-state index in [1.807, 2.05) is 49.3 Å². The largest absolute Gasteiger partial charge is 0.459 e. The van der Waals surface area contributed by atoms with Crippen LogP contribution in [0.5, 0.6) is 0 Å². The molecule has 0 saturated carbocycles. The van der Waals surface area contributed by atoms with Gasteiger partial charge in [-0.2, -0.15) is 0 Å². The highest BCUT2D eigenvalue weighted by molar-refractivity contribution is 6.35. The molecule has 2 amide bonds. The third-order valence-electron chi connectivity index (χ3n) is 5.18. The van der Waals surface area contributed by atoms with E-state index in [4.69, 9.17) is 4.42 Å². The summed E-state index contributed by atoms with van der Waals surface area (Å²) in [5.41, 5.74) is 2.19. The smallest absolute Gasteiger partial charge is 0.309 e. The second-order valence-electron chi connectivity index (χ2n) is 7.49. The minimum atomic E-state index is -0.611. The Morgan fingerprint density at radius 2 is 1.93 bits per heavy atom. The quantitative estimate of drug-likeness (QED) is 0.569. The minimum Gasteiger partial charge on any atom is -0.459 e. The van der Waals surface area contributed by atoms with E-state index in [0.29, 0.717) is 13.1 Å². The molecule has 6 heteroatoms. The lowest BCUT2D eigenvalue weighted by Gasteiger charge is -2.22. The molecule has 150 valence electrons. The molecule has 0 radical (unpaired) electrons. The van der Waals surface area contributed by atoms with Crippen LogP contribution in [0, 0.1) is 0 Å². The Kier molecular flexibility index (Phi) is 6.87. The summed E-state index contributed by atoms with van der Waals surface area (Å²) in [6.45, 7) is 0.795. The maximum Gasteiger partial charge on any atom is 0.309 e. The molecule has 0 unspecified atom stereocenters. The van der Waals surface area contributed by atoms with E-state index in [-0.39, 0.29) is 6.04 Å². The first-order chi connectivity index (χ1) is 13.5. The maximum absolute atomic E-state index is 12.2. The van der Waals surface area contributed by atoms with Gasteiger partial charge in [0, 0.05) is 18.5 Å². The van der Waals surface area contributed by atoms with E-state index in [9.17, 15) is 9.59 Å². The summed E-state index contributed by atoms with van der Waals surface area (Å²) < 4.78 is 5.92. The van der Waals surface area contributed by atoms with Gasteiger partial charge < -0.3 is 15.1 Å². The number of allylic oxidation sites excluding steroid dienone is 1. The number of amides is 2. The van der Waals surface area contributed by atoms with Crippen molar-refractivity contribution in [3.8, 4) is 0 Å². The lowest BCUT2D eigenvalue weighted by atomic mass is 9.97. The van der Waals surface area contributed by atoms with Crippen LogP contribution in [0.15, 0.2) is 46.4 Å². The van der Waals surface area contributed by atoms with Gasteiger partial charge in [0.2, 0.25) is 0 Å². The first kappa shape index (κ1) is 20.1. The van der Waals surface area contributed by atoms with Crippen molar-refractivity contribution in [3.05, 3.63) is 47.7 Å². The lowest BCUT2D eigenvalue weighted by Crippen LogP contribution is -2.43. The van der Waals surface area contributed by atoms with Gasteiger partial charge in [-0.25, -0.2) is 0 Å². The molecule has 0 saturated heterocycles. The summed E-state index contributed by atoms with van der Waals surface area (Å²) in [5, 5.41) is 6.46. The molecule has 28 heavy (non-hydrogen) atoms. The Morgan fingerprint density at radius 3 is 2.64 bits per heavy atom. The van der Waals surface area contributed by atoms with Crippen molar-refractivity contribution in [1.29, 1.82) is 0 Å². The van der Waals surface area contributed by atoms with Crippen molar-refractivity contribution in [3.63, 3.8) is 0 Å². The van der Waals surface area contributed by atoms with Gasteiger partial charge in [-0.05, 0) is 58.3 Å². The van der Waals surface area contributed by atoms with Crippen LogP contribution >= 0.6 is 0 Å². The summed E-state index contributed by atoms with van der Waals surface area (Å²) in [5.74, 6) is -0.435. The molecule has 0 bridgehead atoms. The van der Waals surface area contributed by atoms with Crippen LogP contribution in [0.2, 0.25) is 0 Å². The van der Waals surface area contributed by atoms with Crippen molar-refractivity contribution >= 4 is 22.8 Å². The van der Waals surface area contributed by atoms with Crippen molar-refractivity contribution in [1.82, 2.24) is 15.5 Å². The highest BCUT2D eigenvalue weighted by Gasteiger charge is 2.21. The number of carbonyl (C=O) groups excluding carboxylic acids is 2. The number of hydrogen-bond acceptors (Lipinski definition) is 4. The topological polar surface area (TPSA) is 74.6 Å². The number of para-hydroxylation sites is 1. The Hall–Kier alpha value is -2.60. The van der Waals surface area contributed by atoms with Crippen molar-refractivity contribution in [2.24, 2.45) is 0 Å². The number of nitrogens with zero attached hydrogens (tertiary/aromatic N) is 1. The molecule has 1 atom stereocenters. The molecular formula is C22H29N3O3. The van der Waals surface area contributed by atoms with Gasteiger partial charge in [-0.3, -0.25) is 14.5 Å². The second-order valence-corrected chi connectivity index (χ2v) is 7.49. The number of fused-ring (bicyclic) bond motifs is 1. The molecule has 0 aliphatic heterocycles. The van der Waals surface area contributed by atoms with Crippen molar-refractivity contribution < 1.29 is 14.0 Å². The highest BCUT2D eigenvalue weighted by Crippen LogP contribution is 2.26. The lowest BCUT2D eigenvalue weighted by molar-refractivity contribution is -0.139. The fourth-order valence-electron chi connectivity index (χ4n) is 3.52. The fraction of sp³-hybridized carbons (Fsp3) is 0.455. The molecule has 1 aliphatic rings. The van der Waals surface area contributed by atoms with Gasteiger partial charge in [-0.15, -0.1) is 0 Å². The molecule has 1 heterocycles. The summed E-state index contributed by atoms with van der Waals surface area (Å²) in [6, 6.07) is 9.61. The monoisotopic (exact) mass is 383 g/mol. The van der Waals surface area contributed by atoms with Crippen LogP contribution in [0.3, 0.4) is 0 Å². The molecule has 2 N–H and O–H groups in total. The molecule has 1 aromatic heterocycles. The van der Waals surface area contributed by atoms with Crippen LogP contribution in [-0.4, -0.2) is 43.9 Å². The van der Waals surface area contributed by atoms with Gasteiger partial charge in [-0.1, -0.05) is 29.8 Å². The highest BCUT2D eigenvalue weighted by atomic mass is 16.3. The normalized spacial score (nSPS) is 15.3. The Labute approximate surface area is 166 Å². The number of benzene rings is 1. The minimum absolute atomic E-state index is 0.156. The molecule has 1 aliphatic carbocycles. The number of furan rings is 1. The molecular weight excluding hydrogens is 354 g/mol. The average molecular weight is 383 g/mol. The van der Waals surface area contributed by atoms with Crippen molar-refractivity contribution in [2.45, 2.75) is 38.1 Å². The van der Waals surface area contributed by atoms with Crippen LogP contribution in [0.25, 0.3) is 11.0 Å². The van der Waals surface area contributed by atoms with Crippen LogP contribution < -0.4 is 10.6 Å². The van der Waals surface area contributed by atoms with Crippen molar-refractivity contribution in [2.75, 3.05) is 27.2 Å². The molecule has 6 nitrogen and oxygen atoms in total. The summed E-state index contributed by atoms with van der Waals surface area (Å²) >= 11 is 0. The predicted octanol–water partition coefficient (Wildman–Crippen LogP) is 3.16. The van der Waals surface area contributed by atoms with Gasteiger partial charge in [0.1, 0.15) is 11.3 Å². The first-order valence-corrected chi connectivity index (χ1v) is 9.93. The first-order valence-electron chi connectivity index (χ1n) is 9.93. The van der Waals surface area contributed by atoms with Crippen LogP contribution in [-0.2, 0) is 9.59 Å². The summed E-state index contributed by atoms with van der Waals surface area (Å²) in [6.07, 6.45) is 7.76. The molecule has 3 rings (SSSR count). The zero-order valence-electron chi connectivity index (χ0n) is 16.7. The van der Waals surface area contributed by atoms with E-state index in [2.05, 4.69) is 16.7 Å². The van der Waals surface area contributed by atoms with Gasteiger partial charge in [0.25, 0.3) is 0 Å². The molecule has 0 fully saturated rings. The summed E-state index contributed by atoms with van der Waals surface area (Å²) in [4.78, 5) is 26.2. The average Bonchev–Trinajstić information content (AvgIpc) is 3.12. The van der Waals surface area contributed by atoms with E-state index in [1.54, 1.807) is 0 Å². The third-order valence-corrected chi connectivity index (χ3v) is 5.18. The maximum atomic E-state index is 12.2. The zero-order chi connectivity index (χ0) is 19.9. The van der Waals surface area contributed by atoms with Crippen LogP contribution in [0.4, 0.5) is 0 Å². The predicted molar refractivity (Wildman–Crippen MR) is 110 cm³/mol. The van der Waals surface area contributed by atoms with E-state index < -0.39 is 11.8 Å². The van der Waals surface area contributed by atoms with E-state index in [0.717, 1.165) is 36.0 Å². The fourth-order valence-corrected chi connectivity index (χ4v) is 3.52. The number of rotatable bonds is 7. The van der Waals surface area contributed by atoms with E-state index >= 15 is 0 Å².